The van der Waals surface area contributed by atoms with E-state index in [0.29, 0.717) is 0 Å². The smallest absolute Gasteiger partial charge is 0.185 e. The number of aliphatic hydroxyl groups is 1. The maximum atomic E-state index is 9.24. The van der Waals surface area contributed by atoms with Crippen LogP contribution in [0.5, 0.6) is 0 Å². The highest BCUT2D eigenvalue weighted by Gasteiger charge is 2.21. The Hall–Kier alpha value is -0.610. The van der Waals surface area contributed by atoms with E-state index in [2.05, 4.69) is 23.9 Å². The number of hydrogen-bond donors (Lipinski definition) is 1. The molecule has 1 saturated carbocycles. The average molecular weight is 240 g/mol. The predicted octanol–water partition coefficient (Wildman–Crippen LogP) is 2.43. The van der Waals surface area contributed by atoms with Gasteiger partial charge in [-0.05, 0) is 25.2 Å². The van der Waals surface area contributed by atoms with Gasteiger partial charge in [0.15, 0.2) is 5.13 Å². The lowest BCUT2D eigenvalue weighted by Crippen LogP contribution is -2.29. The van der Waals surface area contributed by atoms with Crippen molar-refractivity contribution in [2.75, 3.05) is 18.5 Å². The Kier molecular flexibility index (Phi) is 3.82. The van der Waals surface area contributed by atoms with Crippen LogP contribution in [-0.2, 0) is 13.0 Å². The van der Waals surface area contributed by atoms with Gasteiger partial charge in [-0.1, -0.05) is 24.7 Å². The lowest BCUT2D eigenvalue weighted by Gasteiger charge is -2.29. The maximum absolute atomic E-state index is 9.24. The summed E-state index contributed by atoms with van der Waals surface area (Å²) in [6, 6.07) is 0. The van der Waals surface area contributed by atoms with Crippen molar-refractivity contribution in [3.63, 3.8) is 0 Å². The number of rotatable bonds is 5. The van der Waals surface area contributed by atoms with Crippen LogP contribution in [-0.4, -0.2) is 23.7 Å². The first-order chi connectivity index (χ1) is 7.74. The Balaban J connectivity index is 2.03. The van der Waals surface area contributed by atoms with E-state index in [1.807, 2.05) is 0 Å². The minimum Gasteiger partial charge on any atom is -0.391 e. The fraction of sp³-hybridized carbons (Fsp3) is 0.750. The van der Waals surface area contributed by atoms with Crippen LogP contribution in [0.3, 0.4) is 0 Å². The molecule has 1 aliphatic rings. The second-order valence-corrected chi connectivity index (χ2v) is 5.62. The van der Waals surface area contributed by atoms with Crippen molar-refractivity contribution in [3.05, 3.63) is 10.6 Å². The van der Waals surface area contributed by atoms with Gasteiger partial charge in [-0.25, -0.2) is 4.98 Å². The summed E-state index contributed by atoms with van der Waals surface area (Å²) in [5, 5.41) is 10.3. The number of hydrogen-bond acceptors (Lipinski definition) is 4. The zero-order valence-corrected chi connectivity index (χ0v) is 10.9. The van der Waals surface area contributed by atoms with Crippen molar-refractivity contribution in [2.45, 2.75) is 39.2 Å². The Morgan fingerprint density at radius 1 is 1.50 bits per heavy atom. The van der Waals surface area contributed by atoms with Gasteiger partial charge < -0.3 is 10.0 Å². The van der Waals surface area contributed by atoms with E-state index < -0.39 is 0 Å². The molecule has 1 heterocycles. The average Bonchev–Trinajstić information content (AvgIpc) is 2.66. The van der Waals surface area contributed by atoms with Gasteiger partial charge in [0.25, 0.3) is 0 Å². The first kappa shape index (κ1) is 11.9. The Morgan fingerprint density at radius 2 is 2.25 bits per heavy atom. The molecule has 0 atom stereocenters. The minimum atomic E-state index is 0.123. The quantitative estimate of drug-likeness (QED) is 0.858. The molecule has 1 aromatic rings. The number of anilines is 1. The molecule has 1 fully saturated rings. The molecule has 0 aromatic carbocycles. The summed E-state index contributed by atoms with van der Waals surface area (Å²) >= 11 is 1.63. The second kappa shape index (κ2) is 5.15. The van der Waals surface area contributed by atoms with Gasteiger partial charge in [0.05, 0.1) is 17.2 Å². The number of nitrogens with zero attached hydrogens (tertiary/aromatic N) is 2. The highest BCUT2D eigenvalue weighted by Crippen LogP contribution is 2.31. The lowest BCUT2D eigenvalue weighted by molar-refractivity contribution is 0.284. The van der Waals surface area contributed by atoms with Crippen LogP contribution >= 0.6 is 11.3 Å². The summed E-state index contributed by atoms with van der Waals surface area (Å²) in [6.45, 7) is 3.32. The first-order valence-electron chi connectivity index (χ1n) is 6.05. The SMILES string of the molecule is CCc1nc(N(C)CC2CCC2)sc1CO. The topological polar surface area (TPSA) is 36.4 Å². The van der Waals surface area contributed by atoms with Crippen molar-refractivity contribution in [1.29, 1.82) is 0 Å². The summed E-state index contributed by atoms with van der Waals surface area (Å²) in [5.74, 6) is 0.858. The van der Waals surface area contributed by atoms with Crippen LogP contribution in [0.4, 0.5) is 5.13 Å². The molecule has 0 radical (unpaired) electrons. The summed E-state index contributed by atoms with van der Waals surface area (Å²) in [4.78, 5) is 7.86. The second-order valence-electron chi connectivity index (χ2n) is 4.56. The third kappa shape index (κ3) is 2.38. The van der Waals surface area contributed by atoms with Crippen molar-refractivity contribution in [1.82, 2.24) is 4.98 Å². The molecule has 0 spiro atoms. The van der Waals surface area contributed by atoms with Gasteiger partial charge >= 0.3 is 0 Å². The zero-order valence-electron chi connectivity index (χ0n) is 10.1. The molecule has 1 aromatic heterocycles. The number of aliphatic hydroxyl groups excluding tert-OH is 1. The molecule has 1 aliphatic carbocycles. The Morgan fingerprint density at radius 3 is 2.69 bits per heavy atom. The van der Waals surface area contributed by atoms with E-state index in [1.54, 1.807) is 11.3 Å². The predicted molar refractivity (Wildman–Crippen MR) is 68.0 cm³/mol. The van der Waals surface area contributed by atoms with E-state index in [9.17, 15) is 5.11 Å². The molecule has 0 bridgehead atoms. The highest BCUT2D eigenvalue weighted by atomic mass is 32.1. The zero-order chi connectivity index (χ0) is 11.5. The van der Waals surface area contributed by atoms with Gasteiger partial charge in [-0.15, -0.1) is 0 Å². The number of aromatic nitrogens is 1. The van der Waals surface area contributed by atoms with E-state index >= 15 is 0 Å². The summed E-state index contributed by atoms with van der Waals surface area (Å²) < 4.78 is 0. The van der Waals surface area contributed by atoms with Crippen LogP contribution in [0.2, 0.25) is 0 Å². The van der Waals surface area contributed by atoms with Crippen molar-refractivity contribution in [2.24, 2.45) is 5.92 Å². The van der Waals surface area contributed by atoms with Gasteiger partial charge in [-0.2, -0.15) is 0 Å². The largest absolute Gasteiger partial charge is 0.391 e. The summed E-state index contributed by atoms with van der Waals surface area (Å²) in [7, 11) is 2.11. The molecule has 90 valence electrons. The van der Waals surface area contributed by atoms with Crippen molar-refractivity contribution >= 4 is 16.5 Å². The standard InChI is InChI=1S/C12H20N2OS/c1-3-10-11(8-15)16-12(13-10)14(2)7-9-5-4-6-9/h9,15H,3-8H2,1-2H3. The number of aryl methyl sites for hydroxylation is 1. The van der Waals surface area contributed by atoms with Gasteiger partial charge in [0.1, 0.15) is 0 Å². The van der Waals surface area contributed by atoms with E-state index in [0.717, 1.165) is 34.6 Å². The van der Waals surface area contributed by atoms with Crippen LogP contribution in [0, 0.1) is 5.92 Å². The summed E-state index contributed by atoms with van der Waals surface area (Å²) in [6.07, 6.45) is 5.02. The maximum Gasteiger partial charge on any atom is 0.185 e. The molecular formula is C12H20N2OS. The van der Waals surface area contributed by atoms with E-state index in [4.69, 9.17) is 0 Å². The Bertz CT molecular complexity index is 325. The number of thiazole rings is 1. The first-order valence-corrected chi connectivity index (χ1v) is 6.86. The van der Waals surface area contributed by atoms with E-state index in [1.165, 1.54) is 19.3 Å². The minimum absolute atomic E-state index is 0.123. The van der Waals surface area contributed by atoms with E-state index in [-0.39, 0.29) is 6.61 Å². The lowest BCUT2D eigenvalue weighted by atomic mass is 9.85. The molecule has 0 aliphatic heterocycles. The van der Waals surface area contributed by atoms with Crippen molar-refractivity contribution < 1.29 is 5.11 Å². The molecular weight excluding hydrogens is 220 g/mol. The molecule has 16 heavy (non-hydrogen) atoms. The Labute approximate surface area is 101 Å². The highest BCUT2D eigenvalue weighted by molar-refractivity contribution is 7.15. The molecule has 0 saturated heterocycles. The van der Waals surface area contributed by atoms with Gasteiger partial charge in [0.2, 0.25) is 0 Å². The van der Waals surface area contributed by atoms with Crippen LogP contribution in [0.1, 0.15) is 36.8 Å². The third-order valence-electron chi connectivity index (χ3n) is 3.33. The molecule has 0 unspecified atom stereocenters. The fourth-order valence-electron chi connectivity index (χ4n) is 2.07. The summed E-state index contributed by atoms with van der Waals surface area (Å²) in [5.41, 5.74) is 1.06. The molecule has 3 nitrogen and oxygen atoms in total. The normalized spacial score (nSPS) is 16.2. The van der Waals surface area contributed by atoms with Gasteiger partial charge in [-0.3, -0.25) is 0 Å². The van der Waals surface area contributed by atoms with Gasteiger partial charge in [0, 0.05) is 13.6 Å². The van der Waals surface area contributed by atoms with Crippen LogP contribution in [0.15, 0.2) is 0 Å². The monoisotopic (exact) mass is 240 g/mol. The van der Waals surface area contributed by atoms with Crippen LogP contribution in [0.25, 0.3) is 0 Å². The molecule has 1 N–H and O–H groups in total. The molecule has 4 heteroatoms. The molecule has 0 amide bonds. The van der Waals surface area contributed by atoms with Crippen molar-refractivity contribution in [3.8, 4) is 0 Å². The fourth-order valence-corrected chi connectivity index (χ4v) is 3.05. The molecule has 2 rings (SSSR count). The third-order valence-corrected chi connectivity index (χ3v) is 4.53. The van der Waals surface area contributed by atoms with Crippen LogP contribution < -0.4 is 4.90 Å².